The molecular weight excluding hydrogens is 338 g/mol. The predicted octanol–water partition coefficient (Wildman–Crippen LogP) is 2.53. The van der Waals surface area contributed by atoms with Crippen molar-refractivity contribution in [1.82, 2.24) is 25.2 Å². The molecule has 3 heterocycles. The Morgan fingerprint density at radius 1 is 1.15 bits per heavy atom. The second kappa shape index (κ2) is 7.72. The molecule has 3 aromatic rings. The number of aryl methyl sites for hydroxylation is 1. The van der Waals surface area contributed by atoms with Crippen LogP contribution in [0.5, 0.6) is 0 Å². The minimum Gasteiger partial charge on any atom is -0.348 e. The van der Waals surface area contributed by atoms with Crippen LogP contribution in [0, 0.1) is 6.92 Å². The summed E-state index contributed by atoms with van der Waals surface area (Å²) in [4.78, 5) is 27.4. The molecule has 0 fully saturated rings. The minimum atomic E-state index is -0.423. The molecule has 6 heteroatoms. The maximum atomic E-state index is 13.5. The normalized spacial score (nSPS) is 16.0. The number of fused-ring (bicyclic) bond motifs is 1. The number of rotatable bonds is 5. The summed E-state index contributed by atoms with van der Waals surface area (Å²) < 4.78 is 0. The molecule has 4 rings (SSSR count). The molecule has 0 saturated heterocycles. The second-order valence-electron chi connectivity index (χ2n) is 6.85. The van der Waals surface area contributed by atoms with Crippen LogP contribution in [0.3, 0.4) is 0 Å². The van der Waals surface area contributed by atoms with E-state index in [0.29, 0.717) is 13.1 Å². The average Bonchev–Trinajstić information content (AvgIpc) is 3.18. The average molecular weight is 361 g/mol. The molecule has 1 aliphatic rings. The lowest BCUT2D eigenvalue weighted by atomic mass is 10.0. The summed E-state index contributed by atoms with van der Waals surface area (Å²) in [6, 6.07) is 13.6. The van der Waals surface area contributed by atoms with Gasteiger partial charge in [-0.2, -0.15) is 0 Å². The number of benzene rings is 1. The van der Waals surface area contributed by atoms with E-state index in [-0.39, 0.29) is 5.91 Å². The molecule has 1 aliphatic heterocycles. The Kier molecular flexibility index (Phi) is 4.98. The lowest BCUT2D eigenvalue weighted by Gasteiger charge is -2.30. The number of H-pyrrole nitrogens is 1. The van der Waals surface area contributed by atoms with Crippen molar-refractivity contribution in [3.05, 3.63) is 83.2 Å². The van der Waals surface area contributed by atoms with E-state index in [1.165, 1.54) is 0 Å². The van der Waals surface area contributed by atoms with Gasteiger partial charge in [-0.25, -0.2) is 4.98 Å². The Labute approximate surface area is 158 Å². The van der Waals surface area contributed by atoms with Gasteiger partial charge < -0.3 is 15.2 Å². The van der Waals surface area contributed by atoms with Crippen molar-refractivity contribution in [2.24, 2.45) is 0 Å². The van der Waals surface area contributed by atoms with E-state index in [2.05, 4.69) is 20.3 Å². The fourth-order valence-electron chi connectivity index (χ4n) is 3.49. The summed E-state index contributed by atoms with van der Waals surface area (Å²) in [7, 11) is 0. The lowest BCUT2D eigenvalue weighted by Crippen LogP contribution is -2.43. The molecule has 138 valence electrons. The number of aromatic amines is 1. The van der Waals surface area contributed by atoms with Gasteiger partial charge in [0.2, 0.25) is 5.91 Å². The van der Waals surface area contributed by atoms with E-state index >= 15 is 0 Å². The lowest BCUT2D eigenvalue weighted by molar-refractivity contribution is -0.135. The van der Waals surface area contributed by atoms with Crippen molar-refractivity contribution < 1.29 is 4.79 Å². The number of carbonyl (C=O) groups is 1. The quantitative estimate of drug-likeness (QED) is 0.732. The number of imidazole rings is 1. The SMILES string of the molecule is Cc1cccnc1CN(Cc1ccccc1)C(=O)[C@H]1NCCc2[nH]cnc21. The highest BCUT2D eigenvalue weighted by Gasteiger charge is 2.32. The van der Waals surface area contributed by atoms with E-state index in [4.69, 9.17) is 0 Å². The summed E-state index contributed by atoms with van der Waals surface area (Å²) in [5.74, 6) is 0.0250. The fourth-order valence-corrected chi connectivity index (χ4v) is 3.49. The third-order valence-corrected chi connectivity index (χ3v) is 4.98. The van der Waals surface area contributed by atoms with Gasteiger partial charge in [-0.05, 0) is 24.1 Å². The van der Waals surface area contributed by atoms with Gasteiger partial charge in [0.25, 0.3) is 0 Å². The smallest absolute Gasteiger partial charge is 0.246 e. The Balaban J connectivity index is 1.63. The summed E-state index contributed by atoms with van der Waals surface area (Å²) in [5, 5.41) is 3.33. The summed E-state index contributed by atoms with van der Waals surface area (Å²) >= 11 is 0. The topological polar surface area (TPSA) is 73.9 Å². The minimum absolute atomic E-state index is 0.0250. The van der Waals surface area contributed by atoms with Crippen LogP contribution in [0.25, 0.3) is 0 Å². The summed E-state index contributed by atoms with van der Waals surface area (Å²) in [6.45, 7) is 3.79. The third-order valence-electron chi connectivity index (χ3n) is 4.98. The number of amides is 1. The van der Waals surface area contributed by atoms with Crippen molar-refractivity contribution in [2.75, 3.05) is 6.54 Å². The monoisotopic (exact) mass is 361 g/mol. The standard InChI is InChI=1S/C21H23N5O/c1-15-6-5-10-22-18(15)13-26(12-16-7-3-2-4-8-16)21(27)20-19-17(9-11-23-20)24-14-25-19/h2-8,10,14,20,23H,9,11-13H2,1H3,(H,24,25)/t20-/m0/s1. The highest BCUT2D eigenvalue weighted by molar-refractivity contribution is 5.83. The molecule has 1 amide bonds. The highest BCUT2D eigenvalue weighted by atomic mass is 16.2. The molecular formula is C21H23N5O. The first-order valence-corrected chi connectivity index (χ1v) is 9.21. The fraction of sp³-hybridized carbons (Fsp3) is 0.286. The van der Waals surface area contributed by atoms with E-state index in [0.717, 1.165) is 41.2 Å². The van der Waals surface area contributed by atoms with E-state index in [1.807, 2.05) is 54.3 Å². The zero-order chi connectivity index (χ0) is 18.6. The third kappa shape index (κ3) is 3.75. The molecule has 0 saturated carbocycles. The van der Waals surface area contributed by atoms with E-state index in [1.54, 1.807) is 12.5 Å². The molecule has 0 bridgehead atoms. The number of hydrogen-bond donors (Lipinski definition) is 2. The number of aromatic nitrogens is 3. The van der Waals surface area contributed by atoms with Crippen LogP contribution in [0.4, 0.5) is 0 Å². The summed E-state index contributed by atoms with van der Waals surface area (Å²) in [6.07, 6.45) is 4.30. The molecule has 0 unspecified atom stereocenters. The number of nitrogens with one attached hydrogen (secondary N) is 2. The Morgan fingerprint density at radius 3 is 2.81 bits per heavy atom. The Hall–Kier alpha value is -2.99. The van der Waals surface area contributed by atoms with Crippen LogP contribution < -0.4 is 5.32 Å². The molecule has 6 nitrogen and oxygen atoms in total. The van der Waals surface area contributed by atoms with Crippen LogP contribution in [0.2, 0.25) is 0 Å². The first kappa shape index (κ1) is 17.4. The van der Waals surface area contributed by atoms with Crippen molar-refractivity contribution in [3.63, 3.8) is 0 Å². The Bertz CT molecular complexity index is 921. The van der Waals surface area contributed by atoms with Gasteiger partial charge in [0.15, 0.2) is 0 Å². The molecule has 2 aromatic heterocycles. The second-order valence-corrected chi connectivity index (χ2v) is 6.85. The van der Waals surface area contributed by atoms with Crippen molar-refractivity contribution >= 4 is 5.91 Å². The number of pyridine rings is 1. The van der Waals surface area contributed by atoms with Crippen LogP contribution in [-0.4, -0.2) is 32.3 Å². The van der Waals surface area contributed by atoms with Crippen LogP contribution in [0.15, 0.2) is 55.0 Å². The zero-order valence-corrected chi connectivity index (χ0v) is 15.4. The maximum Gasteiger partial charge on any atom is 0.246 e. The number of hydrogen-bond acceptors (Lipinski definition) is 4. The molecule has 0 radical (unpaired) electrons. The van der Waals surface area contributed by atoms with Crippen LogP contribution in [0.1, 0.15) is 34.3 Å². The molecule has 2 N–H and O–H groups in total. The van der Waals surface area contributed by atoms with Gasteiger partial charge in [0, 0.05) is 31.4 Å². The predicted molar refractivity (Wildman–Crippen MR) is 103 cm³/mol. The van der Waals surface area contributed by atoms with Gasteiger partial charge in [-0.3, -0.25) is 9.78 Å². The zero-order valence-electron chi connectivity index (χ0n) is 15.4. The molecule has 27 heavy (non-hydrogen) atoms. The number of carbonyl (C=O) groups excluding carboxylic acids is 1. The van der Waals surface area contributed by atoms with Gasteiger partial charge in [-0.1, -0.05) is 36.4 Å². The molecule has 0 aliphatic carbocycles. The van der Waals surface area contributed by atoms with E-state index < -0.39 is 6.04 Å². The van der Waals surface area contributed by atoms with Crippen molar-refractivity contribution in [2.45, 2.75) is 32.5 Å². The first-order valence-electron chi connectivity index (χ1n) is 9.21. The number of nitrogens with zero attached hydrogens (tertiary/aromatic N) is 3. The van der Waals surface area contributed by atoms with Crippen LogP contribution in [-0.2, 0) is 24.3 Å². The van der Waals surface area contributed by atoms with Gasteiger partial charge >= 0.3 is 0 Å². The van der Waals surface area contributed by atoms with Crippen molar-refractivity contribution in [1.29, 1.82) is 0 Å². The first-order chi connectivity index (χ1) is 13.2. The Morgan fingerprint density at radius 2 is 2.00 bits per heavy atom. The van der Waals surface area contributed by atoms with Gasteiger partial charge in [0.05, 0.1) is 24.3 Å². The van der Waals surface area contributed by atoms with Gasteiger partial charge in [-0.15, -0.1) is 0 Å². The van der Waals surface area contributed by atoms with Gasteiger partial charge in [0.1, 0.15) is 6.04 Å². The molecule has 1 atom stereocenters. The van der Waals surface area contributed by atoms with Crippen LogP contribution >= 0.6 is 0 Å². The maximum absolute atomic E-state index is 13.5. The summed E-state index contributed by atoms with van der Waals surface area (Å²) in [5.41, 5.74) is 4.94. The molecule has 0 spiro atoms. The highest BCUT2D eigenvalue weighted by Crippen LogP contribution is 2.23. The molecule has 1 aromatic carbocycles. The largest absolute Gasteiger partial charge is 0.348 e. The van der Waals surface area contributed by atoms with E-state index in [9.17, 15) is 4.79 Å². The van der Waals surface area contributed by atoms with Crippen molar-refractivity contribution in [3.8, 4) is 0 Å².